The molecule has 6 nitrogen and oxygen atoms in total. The summed E-state index contributed by atoms with van der Waals surface area (Å²) in [5.74, 6) is 0.0443. The topological polar surface area (TPSA) is 73.9 Å². The SMILES string of the molecule is COc1cc(OC(=O)c2ccccc2Cl)ccc1-c1ccc2c(c1COC(=O)C1CC=C(C)S1)C(C)=CC(C)(C)N2. The molecule has 41 heavy (non-hydrogen) atoms. The van der Waals surface area contributed by atoms with E-state index >= 15 is 0 Å². The zero-order valence-corrected chi connectivity index (χ0v) is 25.2. The third-order valence-corrected chi connectivity index (χ3v) is 8.62. The average molecular weight is 590 g/mol. The van der Waals surface area contributed by atoms with Crippen LogP contribution in [-0.2, 0) is 16.1 Å². The Labute approximate surface area is 249 Å². The summed E-state index contributed by atoms with van der Waals surface area (Å²) in [6.07, 6.45) is 4.92. The van der Waals surface area contributed by atoms with E-state index in [1.165, 1.54) is 0 Å². The molecular formula is C33H32ClNO5S. The van der Waals surface area contributed by atoms with Crippen LogP contribution in [0.2, 0.25) is 5.02 Å². The Bertz CT molecular complexity index is 1590. The van der Waals surface area contributed by atoms with Crippen LogP contribution >= 0.6 is 23.4 Å². The Hall–Kier alpha value is -3.68. The number of fused-ring (bicyclic) bond motifs is 1. The molecule has 2 aliphatic heterocycles. The van der Waals surface area contributed by atoms with E-state index < -0.39 is 5.97 Å². The summed E-state index contributed by atoms with van der Waals surface area (Å²) in [6, 6.07) is 16.0. The highest BCUT2D eigenvalue weighted by atomic mass is 35.5. The number of benzene rings is 3. The van der Waals surface area contributed by atoms with E-state index in [-0.39, 0.29) is 28.9 Å². The van der Waals surface area contributed by atoms with Gasteiger partial charge in [0.15, 0.2) is 0 Å². The minimum atomic E-state index is -0.559. The van der Waals surface area contributed by atoms with Crippen molar-refractivity contribution in [1.29, 1.82) is 0 Å². The van der Waals surface area contributed by atoms with Crippen molar-refractivity contribution in [1.82, 2.24) is 0 Å². The largest absolute Gasteiger partial charge is 0.496 e. The molecule has 212 valence electrons. The fraction of sp³-hybridized carbons (Fsp3) is 0.273. The molecule has 1 atom stereocenters. The summed E-state index contributed by atoms with van der Waals surface area (Å²) in [5, 5.41) is 3.67. The molecule has 0 radical (unpaired) electrons. The summed E-state index contributed by atoms with van der Waals surface area (Å²) in [5.41, 5.74) is 5.64. The van der Waals surface area contributed by atoms with E-state index in [1.807, 2.05) is 25.1 Å². The second kappa shape index (κ2) is 11.7. The number of esters is 2. The van der Waals surface area contributed by atoms with Crippen LogP contribution in [0, 0.1) is 0 Å². The first-order chi connectivity index (χ1) is 19.6. The van der Waals surface area contributed by atoms with Gasteiger partial charge in [-0.2, -0.15) is 0 Å². The summed E-state index contributed by atoms with van der Waals surface area (Å²) in [6.45, 7) is 8.42. The Morgan fingerprint density at radius 1 is 1.07 bits per heavy atom. The van der Waals surface area contributed by atoms with Gasteiger partial charge >= 0.3 is 11.9 Å². The van der Waals surface area contributed by atoms with Crippen molar-refractivity contribution in [3.63, 3.8) is 0 Å². The number of anilines is 1. The summed E-state index contributed by atoms with van der Waals surface area (Å²) in [7, 11) is 1.57. The zero-order chi connectivity index (χ0) is 29.3. The average Bonchev–Trinajstić information content (AvgIpc) is 3.37. The number of nitrogens with one attached hydrogen (secondary N) is 1. The first kappa shape index (κ1) is 28.8. The van der Waals surface area contributed by atoms with Crippen molar-refractivity contribution in [2.45, 2.75) is 51.5 Å². The Balaban J connectivity index is 1.51. The number of rotatable bonds is 7. The third-order valence-electron chi connectivity index (χ3n) is 7.08. The monoisotopic (exact) mass is 589 g/mol. The lowest BCUT2D eigenvalue weighted by atomic mass is 9.85. The van der Waals surface area contributed by atoms with Crippen LogP contribution in [0.3, 0.4) is 0 Å². The number of carbonyl (C=O) groups is 2. The predicted molar refractivity (Wildman–Crippen MR) is 166 cm³/mol. The molecule has 8 heteroatoms. The molecule has 0 bridgehead atoms. The van der Waals surface area contributed by atoms with E-state index in [2.05, 4.69) is 38.2 Å². The standard InChI is InChI=1S/C33H32ClNO5S/c1-19-17-33(3,4)35-27-14-13-22(25(30(19)27)18-39-32(37)29-15-10-20(2)41-29)23-12-11-21(16-28(23)38-5)40-31(36)24-8-6-7-9-26(24)34/h6-14,16-17,29,35H,15,18H2,1-5H3. The van der Waals surface area contributed by atoms with Crippen molar-refractivity contribution in [2.75, 3.05) is 12.4 Å². The van der Waals surface area contributed by atoms with Crippen LogP contribution in [0.4, 0.5) is 5.69 Å². The van der Waals surface area contributed by atoms with Crippen molar-refractivity contribution >= 4 is 46.6 Å². The number of allylic oxidation sites excluding steroid dienone is 3. The van der Waals surface area contributed by atoms with Crippen LogP contribution in [0.1, 0.15) is 55.6 Å². The molecule has 1 unspecified atom stereocenters. The second-order valence-electron chi connectivity index (χ2n) is 10.7. The van der Waals surface area contributed by atoms with Gasteiger partial charge < -0.3 is 19.5 Å². The molecule has 0 aliphatic carbocycles. The number of ether oxygens (including phenoxy) is 3. The molecule has 0 spiro atoms. The van der Waals surface area contributed by atoms with Crippen LogP contribution in [-0.4, -0.2) is 29.8 Å². The number of methoxy groups -OCH3 is 1. The van der Waals surface area contributed by atoms with Gasteiger partial charge in [-0.15, -0.1) is 11.8 Å². The van der Waals surface area contributed by atoms with E-state index in [9.17, 15) is 9.59 Å². The molecule has 0 amide bonds. The molecule has 1 N–H and O–H groups in total. The smallest absolute Gasteiger partial charge is 0.345 e. The summed E-state index contributed by atoms with van der Waals surface area (Å²) >= 11 is 7.72. The van der Waals surface area contributed by atoms with Gasteiger partial charge in [0.2, 0.25) is 0 Å². The fourth-order valence-corrected chi connectivity index (χ4v) is 6.53. The van der Waals surface area contributed by atoms with Crippen LogP contribution in [0.25, 0.3) is 16.7 Å². The van der Waals surface area contributed by atoms with Crippen LogP contribution < -0.4 is 14.8 Å². The molecule has 2 aliphatic rings. The third kappa shape index (κ3) is 6.16. The lowest BCUT2D eigenvalue weighted by Gasteiger charge is -2.33. The van der Waals surface area contributed by atoms with Gasteiger partial charge in [-0.05, 0) is 80.5 Å². The number of hydrogen-bond acceptors (Lipinski definition) is 7. The van der Waals surface area contributed by atoms with Crippen molar-refractivity contribution in [3.05, 3.63) is 93.4 Å². The first-order valence-corrected chi connectivity index (χ1v) is 14.6. The molecule has 3 aromatic rings. The van der Waals surface area contributed by atoms with Gasteiger partial charge in [0.1, 0.15) is 23.4 Å². The maximum Gasteiger partial charge on any atom is 0.345 e. The minimum absolute atomic E-state index is 0.104. The number of hydrogen-bond donors (Lipinski definition) is 1. The van der Waals surface area contributed by atoms with Crippen molar-refractivity contribution in [2.24, 2.45) is 0 Å². The van der Waals surface area contributed by atoms with Gasteiger partial charge in [0.25, 0.3) is 0 Å². The quantitative estimate of drug-likeness (QED) is 0.219. The van der Waals surface area contributed by atoms with Crippen molar-refractivity contribution in [3.8, 4) is 22.6 Å². The first-order valence-electron chi connectivity index (χ1n) is 13.4. The second-order valence-corrected chi connectivity index (χ2v) is 12.5. The predicted octanol–water partition coefficient (Wildman–Crippen LogP) is 8.29. The molecule has 3 aromatic carbocycles. The van der Waals surface area contributed by atoms with Crippen LogP contribution in [0.15, 0.2) is 71.7 Å². The van der Waals surface area contributed by atoms with E-state index in [0.717, 1.165) is 38.4 Å². The highest BCUT2D eigenvalue weighted by Gasteiger charge is 2.29. The van der Waals surface area contributed by atoms with Gasteiger partial charge in [0.05, 0.1) is 23.2 Å². The van der Waals surface area contributed by atoms with Gasteiger partial charge in [-0.3, -0.25) is 4.79 Å². The Morgan fingerprint density at radius 3 is 2.54 bits per heavy atom. The maximum absolute atomic E-state index is 13.0. The molecule has 0 saturated carbocycles. The number of halogens is 1. The molecule has 2 heterocycles. The van der Waals surface area contributed by atoms with Gasteiger partial charge in [-0.1, -0.05) is 42.0 Å². The van der Waals surface area contributed by atoms with Gasteiger partial charge in [0, 0.05) is 28.4 Å². The zero-order valence-electron chi connectivity index (χ0n) is 23.7. The molecule has 5 rings (SSSR count). The Morgan fingerprint density at radius 2 is 1.83 bits per heavy atom. The molecular weight excluding hydrogens is 558 g/mol. The Kier molecular flexibility index (Phi) is 8.20. The number of thioether (sulfide) groups is 1. The summed E-state index contributed by atoms with van der Waals surface area (Å²) in [4.78, 5) is 26.9. The highest BCUT2D eigenvalue weighted by molar-refractivity contribution is 8.04. The van der Waals surface area contributed by atoms with E-state index in [0.29, 0.717) is 22.9 Å². The van der Waals surface area contributed by atoms with E-state index in [1.54, 1.807) is 55.3 Å². The molecule has 0 saturated heterocycles. The fourth-order valence-electron chi connectivity index (χ4n) is 5.32. The van der Waals surface area contributed by atoms with Crippen molar-refractivity contribution < 1.29 is 23.8 Å². The lowest BCUT2D eigenvalue weighted by molar-refractivity contribution is -0.144. The highest BCUT2D eigenvalue weighted by Crippen LogP contribution is 2.44. The lowest BCUT2D eigenvalue weighted by Crippen LogP contribution is -2.32. The summed E-state index contributed by atoms with van der Waals surface area (Å²) < 4.78 is 17.3. The normalized spacial score (nSPS) is 17.1. The maximum atomic E-state index is 13.0. The molecule has 0 fully saturated rings. The molecule has 0 aromatic heterocycles. The van der Waals surface area contributed by atoms with Crippen LogP contribution in [0.5, 0.6) is 11.5 Å². The number of carbonyl (C=O) groups excluding carboxylic acids is 2. The minimum Gasteiger partial charge on any atom is -0.496 e. The van der Waals surface area contributed by atoms with E-state index in [4.69, 9.17) is 25.8 Å². The van der Waals surface area contributed by atoms with Gasteiger partial charge in [-0.25, -0.2) is 4.79 Å².